The third-order valence-corrected chi connectivity index (χ3v) is 6.99. The maximum atomic E-state index is 11.1. The minimum absolute atomic E-state index is 0.368. The highest BCUT2D eigenvalue weighted by atomic mass is 35.5. The Hall–Kier alpha value is -0.925. The summed E-state index contributed by atoms with van der Waals surface area (Å²) in [5, 5.41) is 19.4. The Balaban J connectivity index is 1.39. The number of quaternary nitrogens is 1. The number of thiocarbonyl (C=S) groups is 1. The Morgan fingerprint density at radius 2 is 2.24 bits per heavy atom. The van der Waals surface area contributed by atoms with Crippen molar-refractivity contribution in [1.82, 2.24) is 10.3 Å². The van der Waals surface area contributed by atoms with E-state index < -0.39 is 5.60 Å². The number of aliphatic hydroxyl groups is 1. The Morgan fingerprint density at radius 1 is 1.48 bits per heavy atom. The molecule has 1 unspecified atom stereocenters. The first kappa shape index (κ1) is 17.5. The first-order valence-corrected chi connectivity index (χ1v) is 10.1. The zero-order chi connectivity index (χ0) is 17.7. The summed E-state index contributed by atoms with van der Waals surface area (Å²) in [6.07, 6.45) is 2.18. The average molecular weight is 396 g/mol. The normalized spacial score (nSPS) is 31.2. The topological polar surface area (TPSA) is 57.2 Å². The molecular formula is C16H21BClN4OS2+. The third kappa shape index (κ3) is 3.50. The smallest absolute Gasteiger partial charge is 0.372 e. The van der Waals surface area contributed by atoms with Crippen LogP contribution in [0.2, 0.25) is 5.02 Å². The second-order valence-electron chi connectivity index (χ2n) is 7.54. The van der Waals surface area contributed by atoms with Gasteiger partial charge < -0.3 is 20.1 Å². The molecule has 0 spiro atoms. The number of aromatic nitrogens is 1. The Labute approximate surface area is 162 Å². The fourth-order valence-electron chi connectivity index (χ4n) is 4.20. The first-order chi connectivity index (χ1) is 11.9. The fourth-order valence-corrected chi connectivity index (χ4v) is 5.58. The lowest BCUT2D eigenvalue weighted by Crippen LogP contribution is -2.70. The molecule has 3 aliphatic rings. The molecule has 0 amide bonds. The molecule has 0 radical (unpaired) electrons. The number of halogens is 1. The van der Waals surface area contributed by atoms with Crippen LogP contribution in [0.25, 0.3) is 10.2 Å². The Kier molecular flexibility index (Phi) is 4.44. The molecule has 1 aromatic heterocycles. The van der Waals surface area contributed by atoms with Gasteiger partial charge in [0.1, 0.15) is 5.60 Å². The van der Waals surface area contributed by atoms with Gasteiger partial charge in [0, 0.05) is 23.8 Å². The summed E-state index contributed by atoms with van der Waals surface area (Å²) in [4.78, 5) is 4.51. The molecule has 2 aromatic rings. The number of rotatable bonds is 3. The van der Waals surface area contributed by atoms with E-state index in [0.29, 0.717) is 22.6 Å². The molecule has 4 heterocycles. The van der Waals surface area contributed by atoms with E-state index in [-0.39, 0.29) is 0 Å². The SMILES string of the molecule is B[N+]12CCC(CC1)C(O)(CNC(=S)Nc1nc3ccc(Cl)cc3s1)C2. The second kappa shape index (κ2) is 6.35. The highest BCUT2D eigenvalue weighted by Crippen LogP contribution is 2.38. The van der Waals surface area contributed by atoms with E-state index in [1.807, 2.05) is 18.2 Å². The van der Waals surface area contributed by atoms with Crippen molar-refractivity contribution in [2.75, 3.05) is 31.5 Å². The first-order valence-electron chi connectivity index (χ1n) is 8.52. The van der Waals surface area contributed by atoms with Gasteiger partial charge in [-0.3, -0.25) is 0 Å². The van der Waals surface area contributed by atoms with Crippen molar-refractivity contribution in [2.24, 2.45) is 5.92 Å². The zero-order valence-corrected chi connectivity index (χ0v) is 16.5. The van der Waals surface area contributed by atoms with E-state index in [1.165, 1.54) is 24.4 Å². The molecule has 5 rings (SSSR count). The number of nitrogens with zero attached hydrogens (tertiary/aromatic N) is 2. The molecule has 0 saturated carbocycles. The predicted molar refractivity (Wildman–Crippen MR) is 110 cm³/mol. The monoisotopic (exact) mass is 395 g/mol. The van der Waals surface area contributed by atoms with Crippen LogP contribution < -0.4 is 10.6 Å². The van der Waals surface area contributed by atoms with Crippen molar-refractivity contribution < 1.29 is 9.50 Å². The summed E-state index contributed by atoms with van der Waals surface area (Å²) in [6.45, 7) is 3.62. The van der Waals surface area contributed by atoms with Gasteiger partial charge in [-0.05, 0) is 30.4 Å². The van der Waals surface area contributed by atoms with Gasteiger partial charge in [-0.2, -0.15) is 0 Å². The number of thiazole rings is 1. The molecule has 2 bridgehead atoms. The predicted octanol–water partition coefficient (Wildman–Crippen LogP) is 1.76. The number of hydrogen-bond acceptors (Lipinski definition) is 4. The second-order valence-corrected chi connectivity index (χ2v) is 9.42. The summed E-state index contributed by atoms with van der Waals surface area (Å²) < 4.78 is 1.99. The van der Waals surface area contributed by atoms with Gasteiger partial charge in [0.2, 0.25) is 0 Å². The Morgan fingerprint density at radius 3 is 2.96 bits per heavy atom. The summed E-state index contributed by atoms with van der Waals surface area (Å²) in [5.74, 6) is 0.368. The summed E-state index contributed by atoms with van der Waals surface area (Å²) in [7, 11) is 2.24. The van der Waals surface area contributed by atoms with E-state index >= 15 is 0 Å². The van der Waals surface area contributed by atoms with Crippen LogP contribution in [-0.4, -0.2) is 59.4 Å². The number of hydrogen-bond donors (Lipinski definition) is 3. The molecule has 3 aliphatic heterocycles. The molecule has 25 heavy (non-hydrogen) atoms. The van der Waals surface area contributed by atoms with Crippen LogP contribution in [0.15, 0.2) is 18.2 Å². The van der Waals surface area contributed by atoms with Crippen LogP contribution in [0.1, 0.15) is 12.8 Å². The standard InChI is InChI=1S/C16H20BClN4OS2/c17-22-5-3-10(4-6-22)16(23,9-22)8-19-14(24)21-15-20-12-2-1-11(18)7-13(12)25-15/h1-2,7,10,23H,3-6,8-9,17H2,(H-,19,20,21,24)/p+1. The number of piperidine rings is 3. The van der Waals surface area contributed by atoms with E-state index in [1.54, 1.807) is 0 Å². The molecule has 3 N–H and O–H groups in total. The zero-order valence-electron chi connectivity index (χ0n) is 14.1. The highest BCUT2D eigenvalue weighted by molar-refractivity contribution is 7.80. The van der Waals surface area contributed by atoms with E-state index in [0.717, 1.165) is 39.1 Å². The minimum atomic E-state index is -0.682. The molecule has 3 fully saturated rings. The van der Waals surface area contributed by atoms with Gasteiger partial charge in [0.15, 0.2) is 10.2 Å². The van der Waals surface area contributed by atoms with E-state index in [4.69, 9.17) is 23.8 Å². The van der Waals surface area contributed by atoms with Crippen LogP contribution in [-0.2, 0) is 0 Å². The van der Waals surface area contributed by atoms with E-state index in [2.05, 4.69) is 23.6 Å². The molecular weight excluding hydrogens is 375 g/mol. The molecule has 3 saturated heterocycles. The van der Waals surface area contributed by atoms with Gasteiger partial charge in [-0.15, -0.1) is 0 Å². The van der Waals surface area contributed by atoms with Gasteiger partial charge in [0.25, 0.3) is 0 Å². The van der Waals surface area contributed by atoms with Crippen molar-refractivity contribution in [3.05, 3.63) is 23.2 Å². The van der Waals surface area contributed by atoms with E-state index in [9.17, 15) is 5.11 Å². The summed E-state index contributed by atoms with van der Waals surface area (Å²) in [5.41, 5.74) is 0.214. The quantitative estimate of drug-likeness (QED) is 0.546. The molecule has 1 atom stereocenters. The van der Waals surface area contributed by atoms with Gasteiger partial charge in [0.05, 0.1) is 36.4 Å². The van der Waals surface area contributed by atoms with Crippen molar-refractivity contribution in [2.45, 2.75) is 18.4 Å². The lowest BCUT2D eigenvalue weighted by Gasteiger charge is -2.56. The maximum absolute atomic E-state index is 11.1. The number of fused-ring (bicyclic) bond motifs is 4. The van der Waals surface area contributed by atoms with Gasteiger partial charge in [-0.1, -0.05) is 22.9 Å². The molecule has 5 nitrogen and oxygen atoms in total. The van der Waals surface area contributed by atoms with Crippen LogP contribution in [0.3, 0.4) is 0 Å². The van der Waals surface area contributed by atoms with Crippen LogP contribution in [0.5, 0.6) is 0 Å². The lowest BCUT2D eigenvalue weighted by molar-refractivity contribution is -0.846. The fraction of sp³-hybridized carbons (Fsp3) is 0.500. The molecule has 132 valence electrons. The molecule has 9 heteroatoms. The lowest BCUT2D eigenvalue weighted by atomic mass is 9.72. The van der Waals surface area contributed by atoms with Crippen molar-refractivity contribution >= 4 is 63.6 Å². The van der Waals surface area contributed by atoms with Crippen molar-refractivity contribution in [3.63, 3.8) is 0 Å². The average Bonchev–Trinajstić information content (AvgIpc) is 2.94. The maximum Gasteiger partial charge on any atom is 0.372 e. The Bertz CT molecular complexity index is 824. The molecule has 1 aromatic carbocycles. The minimum Gasteiger partial charge on any atom is -0.397 e. The molecule has 0 aliphatic carbocycles. The van der Waals surface area contributed by atoms with Crippen LogP contribution in [0.4, 0.5) is 5.13 Å². The van der Waals surface area contributed by atoms with Gasteiger partial charge >= 0.3 is 7.98 Å². The summed E-state index contributed by atoms with van der Waals surface area (Å²) in [6, 6.07) is 5.63. The third-order valence-electron chi connectivity index (χ3n) is 5.58. The van der Waals surface area contributed by atoms with Crippen LogP contribution in [0, 0.1) is 5.92 Å². The van der Waals surface area contributed by atoms with Crippen molar-refractivity contribution in [1.29, 1.82) is 0 Å². The number of anilines is 1. The van der Waals surface area contributed by atoms with Crippen molar-refractivity contribution in [3.8, 4) is 0 Å². The van der Waals surface area contributed by atoms with Crippen LogP contribution >= 0.6 is 35.2 Å². The largest absolute Gasteiger partial charge is 0.397 e. The number of nitrogens with one attached hydrogen (secondary N) is 2. The highest BCUT2D eigenvalue weighted by Gasteiger charge is 2.51. The van der Waals surface area contributed by atoms with Gasteiger partial charge in [-0.25, -0.2) is 4.98 Å². The summed E-state index contributed by atoms with van der Waals surface area (Å²) >= 11 is 12.9. The number of benzene rings is 1.